The quantitative estimate of drug-likeness (QED) is 0.473. The van der Waals surface area contributed by atoms with Crippen molar-refractivity contribution in [1.82, 2.24) is 9.88 Å². The van der Waals surface area contributed by atoms with E-state index in [4.69, 9.17) is 5.84 Å². The third kappa shape index (κ3) is 1.88. The minimum Gasteiger partial charge on any atom is -0.308 e. The van der Waals surface area contributed by atoms with Crippen molar-refractivity contribution in [3.8, 4) is 0 Å². The third-order valence-electron chi connectivity index (χ3n) is 4.04. The molecule has 6 heteroatoms. The lowest BCUT2D eigenvalue weighted by Crippen LogP contribution is -2.31. The minimum absolute atomic E-state index is 0.0423. The number of carbonyl (C=O) groups excluding carboxylic acids is 2. The highest BCUT2D eigenvalue weighted by Crippen LogP contribution is 2.40. The molecule has 3 N–H and O–H groups in total. The number of nitrogens with zero attached hydrogens (tertiary/aromatic N) is 2. The molecule has 1 aromatic heterocycles. The molecule has 2 amide bonds. The first-order valence-electron chi connectivity index (χ1n) is 6.48. The molecule has 1 saturated heterocycles. The van der Waals surface area contributed by atoms with Gasteiger partial charge < -0.3 is 5.43 Å². The van der Waals surface area contributed by atoms with Gasteiger partial charge in [-0.05, 0) is 18.9 Å². The number of rotatable bonds is 3. The Bertz CT molecular complexity index is 509. The monoisotopic (exact) mass is 260 g/mol. The van der Waals surface area contributed by atoms with E-state index in [1.807, 2.05) is 6.07 Å². The predicted octanol–water partition coefficient (Wildman–Crippen LogP) is 0.652. The van der Waals surface area contributed by atoms with E-state index in [0.717, 1.165) is 24.8 Å². The van der Waals surface area contributed by atoms with E-state index < -0.39 is 0 Å². The summed E-state index contributed by atoms with van der Waals surface area (Å²) in [5.41, 5.74) is 3.25. The van der Waals surface area contributed by atoms with Gasteiger partial charge in [0.15, 0.2) is 0 Å². The highest BCUT2D eigenvalue weighted by Gasteiger charge is 2.49. The minimum atomic E-state index is -0.0987. The van der Waals surface area contributed by atoms with Crippen LogP contribution >= 0.6 is 0 Å². The molecule has 1 aliphatic carbocycles. The molecule has 100 valence electrons. The van der Waals surface area contributed by atoms with E-state index in [1.54, 1.807) is 12.3 Å². The fraction of sp³-hybridized carbons (Fsp3) is 0.462. The molecule has 2 aliphatic rings. The molecule has 2 atom stereocenters. The largest absolute Gasteiger partial charge is 0.308 e. The molecule has 3 rings (SSSR count). The number of hydrazine groups is 1. The van der Waals surface area contributed by atoms with Crippen molar-refractivity contribution in [1.29, 1.82) is 0 Å². The molecule has 1 aliphatic heterocycles. The third-order valence-corrected chi connectivity index (χ3v) is 4.04. The zero-order chi connectivity index (χ0) is 13.4. The van der Waals surface area contributed by atoms with Gasteiger partial charge in [0.25, 0.3) is 0 Å². The molecule has 2 unspecified atom stereocenters. The van der Waals surface area contributed by atoms with Gasteiger partial charge in [0.05, 0.1) is 18.4 Å². The van der Waals surface area contributed by atoms with Gasteiger partial charge in [-0.3, -0.25) is 14.5 Å². The zero-order valence-electron chi connectivity index (χ0n) is 10.5. The van der Waals surface area contributed by atoms with Gasteiger partial charge in [0.2, 0.25) is 11.8 Å². The highest BCUT2D eigenvalue weighted by atomic mass is 16.2. The van der Waals surface area contributed by atoms with Gasteiger partial charge >= 0.3 is 0 Å². The van der Waals surface area contributed by atoms with Crippen LogP contribution in [-0.2, 0) is 16.1 Å². The van der Waals surface area contributed by atoms with Crippen molar-refractivity contribution in [3.63, 3.8) is 0 Å². The van der Waals surface area contributed by atoms with Crippen molar-refractivity contribution in [2.24, 2.45) is 17.7 Å². The second kappa shape index (κ2) is 4.62. The maximum atomic E-state index is 12.2. The summed E-state index contributed by atoms with van der Waals surface area (Å²) in [6.07, 6.45) is 4.26. The van der Waals surface area contributed by atoms with Crippen LogP contribution in [0.25, 0.3) is 0 Å². The summed E-state index contributed by atoms with van der Waals surface area (Å²) in [6.45, 7) is 0.248. The molecule has 6 nitrogen and oxygen atoms in total. The fourth-order valence-electron chi connectivity index (χ4n) is 3.08. The number of nitrogens with two attached hydrogens (primary N) is 1. The number of hydrogen-bond donors (Lipinski definition) is 2. The molecule has 0 bridgehead atoms. The number of pyridine rings is 1. The molecule has 1 saturated carbocycles. The average Bonchev–Trinajstić information content (AvgIpc) is 2.99. The fourth-order valence-corrected chi connectivity index (χ4v) is 3.08. The first-order valence-corrected chi connectivity index (χ1v) is 6.48. The lowest BCUT2D eigenvalue weighted by Gasteiger charge is -2.17. The Labute approximate surface area is 111 Å². The van der Waals surface area contributed by atoms with Crippen molar-refractivity contribution in [2.75, 3.05) is 5.43 Å². The first-order chi connectivity index (χ1) is 9.22. The van der Waals surface area contributed by atoms with E-state index in [1.165, 1.54) is 4.90 Å². The zero-order valence-corrected chi connectivity index (χ0v) is 10.5. The summed E-state index contributed by atoms with van der Waals surface area (Å²) < 4.78 is 0. The van der Waals surface area contributed by atoms with Crippen LogP contribution in [0.1, 0.15) is 24.8 Å². The van der Waals surface area contributed by atoms with E-state index in [0.29, 0.717) is 5.82 Å². The van der Waals surface area contributed by atoms with Gasteiger partial charge in [0, 0.05) is 11.8 Å². The van der Waals surface area contributed by atoms with Crippen LogP contribution < -0.4 is 11.3 Å². The van der Waals surface area contributed by atoms with Crippen LogP contribution in [0.5, 0.6) is 0 Å². The van der Waals surface area contributed by atoms with Crippen LogP contribution in [0.15, 0.2) is 18.3 Å². The standard InChI is InChI=1S/C13H16N4O2/c14-16-11-8(3-2-6-15-11)7-17-12(18)9-4-1-5-10(9)13(17)19/h2-3,6,9-10H,1,4-5,7,14H2,(H,15,16). The van der Waals surface area contributed by atoms with E-state index in [-0.39, 0.29) is 30.2 Å². The molecule has 0 spiro atoms. The number of hydrogen-bond acceptors (Lipinski definition) is 5. The average molecular weight is 260 g/mol. The van der Waals surface area contributed by atoms with Crippen molar-refractivity contribution in [3.05, 3.63) is 23.9 Å². The van der Waals surface area contributed by atoms with Gasteiger partial charge in [-0.2, -0.15) is 0 Å². The van der Waals surface area contributed by atoms with Gasteiger partial charge in [-0.1, -0.05) is 12.5 Å². The maximum absolute atomic E-state index is 12.2. The topological polar surface area (TPSA) is 88.3 Å². The molecular formula is C13H16N4O2. The number of fused-ring (bicyclic) bond motifs is 1. The van der Waals surface area contributed by atoms with Crippen LogP contribution in [0, 0.1) is 11.8 Å². The number of likely N-dealkylation sites (tertiary alicyclic amines) is 1. The van der Waals surface area contributed by atoms with Crippen LogP contribution in [-0.4, -0.2) is 21.7 Å². The van der Waals surface area contributed by atoms with Crippen molar-refractivity contribution >= 4 is 17.6 Å². The Kier molecular flexibility index (Phi) is 2.94. The summed E-state index contributed by atoms with van der Waals surface area (Å²) in [5.74, 6) is 5.60. The molecule has 1 aromatic rings. The summed E-state index contributed by atoms with van der Waals surface area (Å²) in [6, 6.07) is 3.58. The van der Waals surface area contributed by atoms with Crippen molar-refractivity contribution in [2.45, 2.75) is 25.8 Å². The lowest BCUT2D eigenvalue weighted by molar-refractivity contribution is -0.141. The Balaban J connectivity index is 1.84. The molecule has 2 heterocycles. The van der Waals surface area contributed by atoms with Gasteiger partial charge in [-0.15, -0.1) is 0 Å². The number of anilines is 1. The van der Waals surface area contributed by atoms with E-state index in [2.05, 4.69) is 10.4 Å². The second-order valence-corrected chi connectivity index (χ2v) is 5.06. The predicted molar refractivity (Wildman–Crippen MR) is 68.4 cm³/mol. The summed E-state index contributed by atoms with van der Waals surface area (Å²) >= 11 is 0. The van der Waals surface area contributed by atoms with Gasteiger partial charge in [0.1, 0.15) is 5.82 Å². The van der Waals surface area contributed by atoms with Crippen LogP contribution in [0.2, 0.25) is 0 Å². The Morgan fingerprint density at radius 3 is 2.63 bits per heavy atom. The Hall–Kier alpha value is -1.95. The summed E-state index contributed by atoms with van der Waals surface area (Å²) in [5, 5.41) is 0. The normalized spacial score (nSPS) is 25.8. The van der Waals surface area contributed by atoms with Crippen LogP contribution in [0.4, 0.5) is 5.82 Å². The highest BCUT2D eigenvalue weighted by molar-refractivity contribution is 6.05. The Morgan fingerprint density at radius 2 is 2.00 bits per heavy atom. The molecule has 0 aromatic carbocycles. The van der Waals surface area contributed by atoms with E-state index >= 15 is 0 Å². The maximum Gasteiger partial charge on any atom is 0.233 e. The van der Waals surface area contributed by atoms with Crippen molar-refractivity contribution < 1.29 is 9.59 Å². The summed E-state index contributed by atoms with van der Waals surface area (Å²) in [7, 11) is 0. The SMILES string of the molecule is NNc1ncccc1CN1C(=O)C2CCCC2C1=O. The number of imide groups is 1. The Morgan fingerprint density at radius 1 is 1.32 bits per heavy atom. The lowest BCUT2D eigenvalue weighted by atomic mass is 10.00. The number of carbonyl (C=O) groups is 2. The van der Waals surface area contributed by atoms with Gasteiger partial charge in [-0.25, -0.2) is 10.8 Å². The number of nitrogens with one attached hydrogen (secondary N) is 1. The molecular weight excluding hydrogens is 244 g/mol. The molecule has 19 heavy (non-hydrogen) atoms. The van der Waals surface area contributed by atoms with E-state index in [9.17, 15) is 9.59 Å². The number of aromatic nitrogens is 1. The first kappa shape index (κ1) is 12.1. The smallest absolute Gasteiger partial charge is 0.233 e. The summed E-state index contributed by atoms with van der Waals surface area (Å²) in [4.78, 5) is 29.9. The molecule has 0 radical (unpaired) electrons. The van der Waals surface area contributed by atoms with Crippen LogP contribution in [0.3, 0.4) is 0 Å². The number of nitrogen functional groups attached to an aromatic ring is 1. The second-order valence-electron chi connectivity index (χ2n) is 5.06. The molecule has 2 fully saturated rings. The number of amides is 2.